The number of carbonyl (C=O) groups excluding carboxylic acids is 1. The Morgan fingerprint density at radius 3 is 2.66 bits per heavy atom. The molecule has 0 unspecified atom stereocenters. The highest BCUT2D eigenvalue weighted by Gasteiger charge is 2.21. The summed E-state index contributed by atoms with van der Waals surface area (Å²) in [5.41, 5.74) is 2.85. The van der Waals surface area contributed by atoms with Gasteiger partial charge in [-0.25, -0.2) is 9.79 Å². The summed E-state index contributed by atoms with van der Waals surface area (Å²) in [4.78, 5) is 30.2. The topological polar surface area (TPSA) is 69.9 Å². The standard InChI is InChI=1S/C28H24N2O4S/c1-3-33-27(32)24-16-30-26(31)25(35-28(30)29-18(24)2)15-19-11-13-22(14-12-19)34-17-21-9-6-8-20-7-4-5-10-23(20)21/h4-15H,3,16-17H2,1-2H3/b25-15-. The molecule has 4 aromatic rings. The molecule has 0 amide bonds. The monoisotopic (exact) mass is 484 g/mol. The summed E-state index contributed by atoms with van der Waals surface area (Å²) in [5.74, 6) is 0.327. The van der Waals surface area contributed by atoms with Crippen molar-refractivity contribution in [3.05, 3.63) is 109 Å². The highest BCUT2D eigenvalue weighted by atomic mass is 32.1. The molecule has 3 aromatic carbocycles. The zero-order valence-electron chi connectivity index (χ0n) is 19.5. The minimum absolute atomic E-state index is 0.167. The van der Waals surface area contributed by atoms with Crippen molar-refractivity contribution >= 4 is 34.2 Å². The van der Waals surface area contributed by atoms with Gasteiger partial charge in [-0.2, -0.15) is 0 Å². The first-order valence-corrected chi connectivity index (χ1v) is 12.2. The van der Waals surface area contributed by atoms with Gasteiger partial charge in [-0.05, 0) is 54.0 Å². The van der Waals surface area contributed by atoms with E-state index in [2.05, 4.69) is 29.3 Å². The van der Waals surface area contributed by atoms with Crippen molar-refractivity contribution in [1.82, 2.24) is 4.57 Å². The highest BCUT2D eigenvalue weighted by Crippen LogP contribution is 2.21. The van der Waals surface area contributed by atoms with E-state index in [9.17, 15) is 9.59 Å². The lowest BCUT2D eigenvalue weighted by molar-refractivity contribution is -0.138. The lowest BCUT2D eigenvalue weighted by Gasteiger charge is -2.12. The van der Waals surface area contributed by atoms with E-state index in [1.165, 1.54) is 26.7 Å². The van der Waals surface area contributed by atoms with E-state index in [1.54, 1.807) is 13.8 Å². The van der Waals surface area contributed by atoms with E-state index in [4.69, 9.17) is 9.47 Å². The largest absolute Gasteiger partial charge is 0.489 e. The van der Waals surface area contributed by atoms with Crippen LogP contribution in [0.3, 0.4) is 0 Å². The van der Waals surface area contributed by atoms with Crippen LogP contribution in [0, 0.1) is 0 Å². The van der Waals surface area contributed by atoms with Gasteiger partial charge >= 0.3 is 5.97 Å². The molecular formula is C28H24N2O4S. The molecule has 0 saturated heterocycles. The molecule has 7 heteroatoms. The van der Waals surface area contributed by atoms with Gasteiger partial charge in [0.25, 0.3) is 5.56 Å². The number of hydrogen-bond donors (Lipinski definition) is 0. The lowest BCUT2D eigenvalue weighted by Crippen LogP contribution is -2.35. The van der Waals surface area contributed by atoms with Crippen LogP contribution in [-0.2, 0) is 22.7 Å². The van der Waals surface area contributed by atoms with Gasteiger partial charge in [-0.15, -0.1) is 0 Å². The zero-order chi connectivity index (χ0) is 24.4. The molecule has 0 radical (unpaired) electrons. The van der Waals surface area contributed by atoms with Crippen molar-refractivity contribution in [3.63, 3.8) is 0 Å². The SMILES string of the molecule is CCOC(=O)C1=C(C)N=c2s/c(=C\c3ccc(OCc4cccc5ccccc45)cc3)c(=O)n2C1. The number of aromatic nitrogens is 1. The van der Waals surface area contributed by atoms with Crippen LogP contribution in [0.25, 0.3) is 16.8 Å². The number of hydrogen-bond acceptors (Lipinski definition) is 6. The van der Waals surface area contributed by atoms with Crippen molar-refractivity contribution in [2.45, 2.75) is 27.0 Å². The maximum atomic E-state index is 13.0. The number of allylic oxidation sites excluding steroid dienone is 1. The van der Waals surface area contributed by atoms with E-state index < -0.39 is 5.97 Å². The smallest absolute Gasteiger partial charge is 0.337 e. The molecule has 1 aromatic heterocycles. The van der Waals surface area contributed by atoms with E-state index >= 15 is 0 Å². The Hall–Kier alpha value is -3.97. The molecule has 1 aliphatic rings. The molecule has 2 heterocycles. The van der Waals surface area contributed by atoms with Gasteiger partial charge in [-0.3, -0.25) is 9.36 Å². The number of nitrogens with zero attached hydrogens (tertiary/aromatic N) is 2. The van der Waals surface area contributed by atoms with Crippen LogP contribution in [0.4, 0.5) is 0 Å². The molecule has 0 fully saturated rings. The Labute approximate surface area is 206 Å². The van der Waals surface area contributed by atoms with Crippen molar-refractivity contribution in [2.24, 2.45) is 4.99 Å². The van der Waals surface area contributed by atoms with Crippen molar-refractivity contribution in [3.8, 4) is 5.75 Å². The Morgan fingerprint density at radius 2 is 1.86 bits per heavy atom. The van der Waals surface area contributed by atoms with Gasteiger partial charge in [0.05, 0.1) is 29.0 Å². The minimum Gasteiger partial charge on any atom is -0.489 e. The maximum absolute atomic E-state index is 13.0. The summed E-state index contributed by atoms with van der Waals surface area (Å²) in [6, 6.07) is 22.1. The van der Waals surface area contributed by atoms with Gasteiger partial charge in [0.1, 0.15) is 12.4 Å². The highest BCUT2D eigenvalue weighted by molar-refractivity contribution is 7.07. The number of ether oxygens (including phenoxy) is 2. The second-order valence-electron chi connectivity index (χ2n) is 8.18. The van der Waals surface area contributed by atoms with E-state index in [0.717, 1.165) is 16.9 Å². The number of benzene rings is 3. The molecule has 5 rings (SSSR count). The average Bonchev–Trinajstić information content (AvgIpc) is 3.16. The molecule has 0 N–H and O–H groups in total. The number of carbonyl (C=O) groups is 1. The van der Waals surface area contributed by atoms with Crippen molar-refractivity contribution in [1.29, 1.82) is 0 Å². The summed E-state index contributed by atoms with van der Waals surface area (Å²) in [7, 11) is 0. The van der Waals surface area contributed by atoms with Crippen LogP contribution in [0.2, 0.25) is 0 Å². The quantitative estimate of drug-likeness (QED) is 0.389. The Morgan fingerprint density at radius 1 is 1.09 bits per heavy atom. The Kier molecular flexibility index (Phi) is 6.33. The molecular weight excluding hydrogens is 460 g/mol. The molecule has 176 valence electrons. The summed E-state index contributed by atoms with van der Waals surface area (Å²) >= 11 is 1.31. The summed E-state index contributed by atoms with van der Waals surface area (Å²) < 4.78 is 13.2. The van der Waals surface area contributed by atoms with Gasteiger partial charge in [0.15, 0.2) is 4.80 Å². The molecule has 35 heavy (non-hydrogen) atoms. The first-order chi connectivity index (χ1) is 17.0. The fraction of sp³-hybridized carbons (Fsp3) is 0.179. The molecule has 1 aliphatic heterocycles. The Balaban J connectivity index is 1.34. The van der Waals surface area contributed by atoms with Crippen LogP contribution >= 0.6 is 11.3 Å². The normalized spacial score (nSPS) is 13.5. The van der Waals surface area contributed by atoms with Gasteiger partial charge in [0, 0.05) is 0 Å². The molecule has 0 aliphatic carbocycles. The van der Waals surface area contributed by atoms with Crippen molar-refractivity contribution < 1.29 is 14.3 Å². The van der Waals surface area contributed by atoms with Crippen LogP contribution in [0.5, 0.6) is 5.75 Å². The number of fused-ring (bicyclic) bond motifs is 2. The predicted octanol–water partition coefficient (Wildman–Crippen LogP) is 3.94. The maximum Gasteiger partial charge on any atom is 0.337 e. The first-order valence-electron chi connectivity index (χ1n) is 11.4. The van der Waals surface area contributed by atoms with Crippen LogP contribution in [0.15, 0.2) is 87.8 Å². The third kappa shape index (κ3) is 4.68. The number of rotatable bonds is 6. The van der Waals surface area contributed by atoms with E-state index in [-0.39, 0.29) is 18.7 Å². The molecule has 0 saturated carbocycles. The summed E-state index contributed by atoms with van der Waals surface area (Å²) in [5, 5.41) is 2.37. The van der Waals surface area contributed by atoms with Crippen LogP contribution < -0.4 is 19.6 Å². The minimum atomic E-state index is -0.429. The fourth-order valence-electron chi connectivity index (χ4n) is 4.04. The summed E-state index contributed by atoms with van der Waals surface area (Å²) in [6.07, 6.45) is 1.84. The average molecular weight is 485 g/mol. The van der Waals surface area contributed by atoms with Gasteiger partial charge < -0.3 is 9.47 Å². The molecule has 0 atom stereocenters. The second kappa shape index (κ2) is 9.72. The van der Waals surface area contributed by atoms with Crippen LogP contribution in [-0.4, -0.2) is 17.1 Å². The third-order valence-electron chi connectivity index (χ3n) is 5.88. The molecule has 0 spiro atoms. The number of thiazole rings is 1. The summed E-state index contributed by atoms with van der Waals surface area (Å²) in [6.45, 7) is 4.44. The van der Waals surface area contributed by atoms with E-state index in [1.807, 2.05) is 48.5 Å². The fourth-order valence-corrected chi connectivity index (χ4v) is 5.07. The zero-order valence-corrected chi connectivity index (χ0v) is 20.3. The second-order valence-corrected chi connectivity index (χ2v) is 9.19. The third-order valence-corrected chi connectivity index (χ3v) is 6.88. The van der Waals surface area contributed by atoms with Gasteiger partial charge in [0.2, 0.25) is 0 Å². The Bertz CT molecular complexity index is 1620. The van der Waals surface area contributed by atoms with E-state index in [0.29, 0.717) is 27.2 Å². The molecule has 6 nitrogen and oxygen atoms in total. The molecule has 0 bridgehead atoms. The van der Waals surface area contributed by atoms with Gasteiger partial charge in [-0.1, -0.05) is 65.9 Å². The van der Waals surface area contributed by atoms with Crippen LogP contribution in [0.1, 0.15) is 25.0 Å². The first kappa shape index (κ1) is 22.8. The number of esters is 1. The lowest BCUT2D eigenvalue weighted by atomic mass is 10.1. The predicted molar refractivity (Wildman–Crippen MR) is 137 cm³/mol. The van der Waals surface area contributed by atoms with Crippen molar-refractivity contribution in [2.75, 3.05) is 6.61 Å².